The molecule has 0 bridgehead atoms. The van der Waals surface area contributed by atoms with Gasteiger partial charge in [0.2, 0.25) is 5.88 Å². The summed E-state index contributed by atoms with van der Waals surface area (Å²) in [6.45, 7) is 2.65. The van der Waals surface area contributed by atoms with Gasteiger partial charge in [0, 0.05) is 22.3 Å². The first-order valence-electron chi connectivity index (χ1n) is 6.34. The van der Waals surface area contributed by atoms with Gasteiger partial charge in [-0.05, 0) is 24.7 Å². The minimum atomic E-state index is -0.352. The lowest BCUT2D eigenvalue weighted by Gasteiger charge is -2.21. The third kappa shape index (κ3) is 3.08. The molecule has 0 aliphatic rings. The van der Waals surface area contributed by atoms with Crippen molar-refractivity contribution in [1.82, 2.24) is 10.3 Å². The van der Waals surface area contributed by atoms with Crippen LogP contribution >= 0.6 is 11.6 Å². The molecule has 2 aromatic rings. The van der Waals surface area contributed by atoms with Crippen LogP contribution in [0.25, 0.3) is 0 Å². The monoisotopic (exact) mass is 294 g/mol. The van der Waals surface area contributed by atoms with Crippen LogP contribution in [0.2, 0.25) is 5.02 Å². The van der Waals surface area contributed by atoms with Crippen LogP contribution in [0.5, 0.6) is 5.88 Å². The van der Waals surface area contributed by atoms with Crippen LogP contribution in [-0.4, -0.2) is 18.6 Å². The molecule has 0 radical (unpaired) electrons. The largest absolute Gasteiger partial charge is 0.481 e. The zero-order valence-electron chi connectivity index (χ0n) is 11.4. The molecule has 20 heavy (non-hydrogen) atoms. The topological polar surface area (TPSA) is 34.2 Å². The molecular weight excluding hydrogens is 279 g/mol. The smallest absolute Gasteiger partial charge is 0.218 e. The van der Waals surface area contributed by atoms with E-state index in [0.717, 1.165) is 5.56 Å². The standard InChI is InChI=1S/C15H16ClFN2O/c1-3-18-14(11-7-6-10(16)9-13(11)17)12-5-4-8-19-15(12)20-2/h4-9,14,18H,3H2,1-2H3. The van der Waals surface area contributed by atoms with Crippen LogP contribution in [0.3, 0.4) is 0 Å². The van der Waals surface area contributed by atoms with E-state index in [1.807, 2.05) is 13.0 Å². The van der Waals surface area contributed by atoms with Crippen LogP contribution in [0.1, 0.15) is 24.1 Å². The van der Waals surface area contributed by atoms with Crippen molar-refractivity contribution in [1.29, 1.82) is 0 Å². The molecular formula is C15H16ClFN2O. The summed E-state index contributed by atoms with van der Waals surface area (Å²) in [5, 5.41) is 3.62. The lowest BCUT2D eigenvalue weighted by atomic mass is 9.99. The van der Waals surface area contributed by atoms with Crippen molar-refractivity contribution in [2.45, 2.75) is 13.0 Å². The van der Waals surface area contributed by atoms with Crippen molar-refractivity contribution >= 4 is 11.6 Å². The molecule has 1 unspecified atom stereocenters. The second-order valence-electron chi connectivity index (χ2n) is 4.26. The molecule has 1 atom stereocenters. The number of ether oxygens (including phenoxy) is 1. The van der Waals surface area contributed by atoms with Crippen molar-refractivity contribution in [2.24, 2.45) is 0 Å². The molecule has 2 rings (SSSR count). The quantitative estimate of drug-likeness (QED) is 0.915. The second-order valence-corrected chi connectivity index (χ2v) is 4.69. The SMILES string of the molecule is CCNC(c1ccc(Cl)cc1F)c1cccnc1OC. The number of hydrogen-bond acceptors (Lipinski definition) is 3. The van der Waals surface area contributed by atoms with Gasteiger partial charge in [-0.25, -0.2) is 9.37 Å². The Kier molecular flexibility index (Phi) is 4.93. The van der Waals surface area contributed by atoms with Crippen molar-refractivity contribution in [3.05, 3.63) is 58.5 Å². The van der Waals surface area contributed by atoms with E-state index >= 15 is 0 Å². The van der Waals surface area contributed by atoms with Crippen molar-refractivity contribution < 1.29 is 9.13 Å². The number of rotatable bonds is 5. The molecule has 0 aliphatic heterocycles. The summed E-state index contributed by atoms with van der Waals surface area (Å²) in [6.07, 6.45) is 1.64. The van der Waals surface area contributed by atoms with E-state index in [4.69, 9.17) is 16.3 Å². The van der Waals surface area contributed by atoms with Crippen LogP contribution in [0, 0.1) is 5.82 Å². The van der Waals surface area contributed by atoms with Gasteiger partial charge in [-0.2, -0.15) is 0 Å². The first kappa shape index (κ1) is 14.8. The van der Waals surface area contributed by atoms with Crippen LogP contribution < -0.4 is 10.1 Å². The van der Waals surface area contributed by atoms with Gasteiger partial charge in [-0.1, -0.05) is 30.7 Å². The van der Waals surface area contributed by atoms with Crippen LogP contribution in [0.4, 0.5) is 4.39 Å². The number of aromatic nitrogens is 1. The highest BCUT2D eigenvalue weighted by molar-refractivity contribution is 6.30. The molecule has 1 heterocycles. The predicted octanol–water partition coefficient (Wildman–Crippen LogP) is 3.58. The average molecular weight is 295 g/mol. The number of nitrogens with zero attached hydrogens (tertiary/aromatic N) is 1. The molecule has 1 aromatic carbocycles. The molecule has 0 fully saturated rings. The predicted molar refractivity (Wildman–Crippen MR) is 77.7 cm³/mol. The summed E-state index contributed by atoms with van der Waals surface area (Å²) in [6, 6.07) is 8.00. The van der Waals surface area contributed by atoms with Crippen molar-refractivity contribution in [3.63, 3.8) is 0 Å². The Hall–Kier alpha value is -1.65. The zero-order chi connectivity index (χ0) is 14.5. The Balaban J connectivity index is 2.50. The summed E-state index contributed by atoms with van der Waals surface area (Å²) in [7, 11) is 1.55. The number of benzene rings is 1. The Bertz CT molecular complexity index is 592. The first-order valence-corrected chi connectivity index (χ1v) is 6.72. The molecule has 5 heteroatoms. The van der Waals surface area contributed by atoms with E-state index in [-0.39, 0.29) is 11.9 Å². The number of hydrogen-bond donors (Lipinski definition) is 1. The highest BCUT2D eigenvalue weighted by Crippen LogP contribution is 2.30. The maximum Gasteiger partial charge on any atom is 0.218 e. The summed E-state index contributed by atoms with van der Waals surface area (Å²) < 4.78 is 19.4. The Labute approximate surface area is 122 Å². The number of halogens is 2. The summed E-state index contributed by atoms with van der Waals surface area (Å²) in [5.74, 6) is 0.127. The second kappa shape index (κ2) is 6.68. The minimum absolute atomic E-state index is 0.332. The Morgan fingerprint density at radius 3 is 2.80 bits per heavy atom. The highest BCUT2D eigenvalue weighted by atomic mass is 35.5. The molecule has 0 aliphatic carbocycles. The molecule has 0 amide bonds. The van der Waals surface area contributed by atoms with Gasteiger partial charge in [-0.15, -0.1) is 0 Å². The van der Waals surface area contributed by atoms with Crippen LogP contribution in [0.15, 0.2) is 36.5 Å². The molecule has 106 valence electrons. The van der Waals surface area contributed by atoms with Crippen LogP contribution in [-0.2, 0) is 0 Å². The van der Waals surface area contributed by atoms with Gasteiger partial charge in [0.15, 0.2) is 0 Å². The molecule has 1 N–H and O–H groups in total. The van der Waals surface area contributed by atoms with Gasteiger partial charge in [0.1, 0.15) is 5.82 Å². The maximum atomic E-state index is 14.2. The normalized spacial score (nSPS) is 12.2. The number of methoxy groups -OCH3 is 1. The van der Waals surface area contributed by atoms with Crippen molar-refractivity contribution in [3.8, 4) is 5.88 Å². The van der Waals surface area contributed by atoms with Gasteiger partial charge in [0.25, 0.3) is 0 Å². The molecule has 1 aromatic heterocycles. The lowest BCUT2D eigenvalue weighted by molar-refractivity contribution is 0.386. The van der Waals surface area contributed by atoms with Gasteiger partial charge >= 0.3 is 0 Å². The summed E-state index contributed by atoms with van der Waals surface area (Å²) in [5.41, 5.74) is 1.31. The molecule has 0 saturated carbocycles. The fourth-order valence-corrected chi connectivity index (χ4v) is 2.28. The van der Waals surface area contributed by atoms with E-state index < -0.39 is 0 Å². The summed E-state index contributed by atoms with van der Waals surface area (Å²) >= 11 is 5.81. The minimum Gasteiger partial charge on any atom is -0.481 e. The van der Waals surface area contributed by atoms with Gasteiger partial charge < -0.3 is 10.1 Å². The lowest BCUT2D eigenvalue weighted by Crippen LogP contribution is -2.23. The summed E-state index contributed by atoms with van der Waals surface area (Å²) in [4.78, 5) is 4.16. The van der Waals surface area contributed by atoms with Gasteiger partial charge in [0.05, 0.1) is 13.2 Å². The third-order valence-electron chi connectivity index (χ3n) is 2.99. The third-order valence-corrected chi connectivity index (χ3v) is 3.22. The Morgan fingerprint density at radius 2 is 2.15 bits per heavy atom. The average Bonchev–Trinajstić information content (AvgIpc) is 2.45. The number of nitrogens with one attached hydrogen (secondary N) is 1. The molecule has 3 nitrogen and oxygen atoms in total. The van der Waals surface area contributed by atoms with E-state index in [1.54, 1.807) is 31.5 Å². The van der Waals surface area contributed by atoms with E-state index in [0.29, 0.717) is 23.0 Å². The first-order chi connectivity index (χ1) is 9.67. The van der Waals surface area contributed by atoms with E-state index in [2.05, 4.69) is 10.3 Å². The Morgan fingerprint density at radius 1 is 1.35 bits per heavy atom. The maximum absolute atomic E-state index is 14.2. The number of pyridine rings is 1. The fraction of sp³-hybridized carbons (Fsp3) is 0.267. The molecule has 0 spiro atoms. The zero-order valence-corrected chi connectivity index (χ0v) is 12.1. The van der Waals surface area contributed by atoms with Crippen molar-refractivity contribution in [2.75, 3.05) is 13.7 Å². The highest BCUT2D eigenvalue weighted by Gasteiger charge is 2.21. The fourth-order valence-electron chi connectivity index (χ4n) is 2.12. The van der Waals surface area contributed by atoms with Gasteiger partial charge in [-0.3, -0.25) is 0 Å². The van der Waals surface area contributed by atoms with E-state index in [1.165, 1.54) is 6.07 Å². The van der Waals surface area contributed by atoms with E-state index in [9.17, 15) is 4.39 Å². The molecule has 0 saturated heterocycles.